The van der Waals surface area contributed by atoms with Crippen LogP contribution in [0.3, 0.4) is 0 Å². The fourth-order valence-corrected chi connectivity index (χ4v) is 2.13. The number of carbonyl (C=O) groups is 1. The first-order valence-corrected chi connectivity index (χ1v) is 6.28. The van der Waals surface area contributed by atoms with Gasteiger partial charge in [-0.25, -0.2) is 9.97 Å². The molecule has 1 aromatic rings. The van der Waals surface area contributed by atoms with E-state index in [2.05, 4.69) is 9.97 Å². The van der Waals surface area contributed by atoms with Gasteiger partial charge in [0.1, 0.15) is 21.1 Å². The van der Waals surface area contributed by atoms with Crippen LogP contribution in [0.5, 0.6) is 0 Å². The molecule has 0 saturated heterocycles. The largest absolute Gasteiger partial charge is 0.480 e. The fraction of sp³-hybridized carbons (Fsp3) is 0.444. The summed E-state index contributed by atoms with van der Waals surface area (Å²) in [7, 11) is 0. The lowest BCUT2D eigenvalue weighted by Gasteiger charge is -2.17. The maximum absolute atomic E-state index is 10.9. The van der Waals surface area contributed by atoms with Crippen LogP contribution in [0.2, 0.25) is 0 Å². The molecule has 1 N–H and O–H groups in total. The molecule has 0 amide bonds. The minimum absolute atomic E-state index is 0.682. The van der Waals surface area contributed by atoms with E-state index in [9.17, 15) is 4.79 Å². The predicted octanol–water partition coefficient (Wildman–Crippen LogP) is 2.15. The van der Waals surface area contributed by atoms with Crippen LogP contribution in [0.1, 0.15) is 13.8 Å². The number of aliphatic carboxylic acids is 1. The van der Waals surface area contributed by atoms with Gasteiger partial charge in [-0.1, -0.05) is 11.8 Å². The molecule has 82 valence electrons. The Hall–Kier alpha value is -0.750. The van der Waals surface area contributed by atoms with Gasteiger partial charge in [-0.3, -0.25) is 4.79 Å². The Morgan fingerprint density at radius 3 is 2.53 bits per heavy atom. The van der Waals surface area contributed by atoms with Crippen LogP contribution in [0, 0.1) is 0 Å². The Balaban J connectivity index is 2.85. The first-order valence-electron chi connectivity index (χ1n) is 4.24. The number of aromatic nitrogens is 2. The van der Waals surface area contributed by atoms with Gasteiger partial charge in [-0.15, -0.1) is 11.8 Å². The predicted molar refractivity (Wildman–Crippen MR) is 61.4 cm³/mol. The summed E-state index contributed by atoms with van der Waals surface area (Å²) in [5.41, 5.74) is 0. The topological polar surface area (TPSA) is 63.1 Å². The first-order chi connectivity index (χ1) is 6.95. The summed E-state index contributed by atoms with van der Waals surface area (Å²) in [4.78, 5) is 19.0. The molecular formula is C9H12N2O2S2. The SMILES string of the molecule is CSc1cc(SC(C)(C)C(=O)O)ncn1. The zero-order chi connectivity index (χ0) is 11.5. The van der Waals surface area contributed by atoms with Crippen molar-refractivity contribution in [3.63, 3.8) is 0 Å². The molecule has 1 rings (SSSR count). The third kappa shape index (κ3) is 3.39. The van der Waals surface area contributed by atoms with Crippen LogP contribution in [0.15, 0.2) is 22.4 Å². The lowest BCUT2D eigenvalue weighted by molar-refractivity contribution is -0.138. The minimum Gasteiger partial charge on any atom is -0.480 e. The van der Waals surface area contributed by atoms with Crippen molar-refractivity contribution in [1.29, 1.82) is 0 Å². The molecule has 0 spiro atoms. The van der Waals surface area contributed by atoms with E-state index in [1.54, 1.807) is 19.9 Å². The second-order valence-electron chi connectivity index (χ2n) is 3.32. The quantitative estimate of drug-likeness (QED) is 0.647. The smallest absolute Gasteiger partial charge is 0.319 e. The van der Waals surface area contributed by atoms with E-state index in [1.165, 1.54) is 29.9 Å². The minimum atomic E-state index is -0.871. The van der Waals surface area contributed by atoms with Gasteiger partial charge in [0, 0.05) is 6.07 Å². The standard InChI is InChI=1S/C9H12N2O2S2/c1-9(2,8(12)13)15-7-4-6(14-3)10-5-11-7/h4-5H,1-3H3,(H,12,13). The van der Waals surface area contributed by atoms with Crippen molar-refractivity contribution in [2.45, 2.75) is 28.6 Å². The average molecular weight is 244 g/mol. The van der Waals surface area contributed by atoms with Gasteiger partial charge in [0.25, 0.3) is 0 Å². The highest BCUT2D eigenvalue weighted by Gasteiger charge is 2.29. The molecule has 0 atom stereocenters. The molecule has 0 aliphatic rings. The molecule has 0 saturated carbocycles. The number of nitrogens with zero attached hydrogens (tertiary/aromatic N) is 2. The second-order valence-corrected chi connectivity index (χ2v) is 5.79. The van der Waals surface area contributed by atoms with Gasteiger partial charge in [0.15, 0.2) is 0 Å². The Labute approximate surface area is 96.9 Å². The number of carboxylic acid groups (broad SMARTS) is 1. The van der Waals surface area contributed by atoms with E-state index in [-0.39, 0.29) is 0 Å². The Kier molecular flexibility index (Phi) is 3.98. The summed E-state index contributed by atoms with van der Waals surface area (Å²) < 4.78 is -0.871. The van der Waals surface area contributed by atoms with E-state index < -0.39 is 10.7 Å². The van der Waals surface area contributed by atoms with E-state index in [1.807, 2.05) is 6.26 Å². The molecule has 0 radical (unpaired) electrons. The van der Waals surface area contributed by atoms with Crippen LogP contribution in [0.4, 0.5) is 0 Å². The third-order valence-electron chi connectivity index (χ3n) is 1.70. The summed E-state index contributed by atoms with van der Waals surface area (Å²) in [5.74, 6) is -0.850. The van der Waals surface area contributed by atoms with Crippen molar-refractivity contribution in [2.75, 3.05) is 6.26 Å². The highest BCUT2D eigenvalue weighted by atomic mass is 32.2. The number of hydrogen-bond acceptors (Lipinski definition) is 5. The molecule has 0 aromatic carbocycles. The zero-order valence-corrected chi connectivity index (χ0v) is 10.4. The lowest BCUT2D eigenvalue weighted by atomic mass is 10.2. The Morgan fingerprint density at radius 2 is 2.00 bits per heavy atom. The number of rotatable bonds is 4. The number of thioether (sulfide) groups is 2. The van der Waals surface area contributed by atoms with E-state index >= 15 is 0 Å². The summed E-state index contributed by atoms with van der Waals surface area (Å²) in [6.45, 7) is 3.31. The monoisotopic (exact) mass is 244 g/mol. The molecule has 15 heavy (non-hydrogen) atoms. The van der Waals surface area contributed by atoms with Gasteiger partial charge < -0.3 is 5.11 Å². The molecular weight excluding hydrogens is 232 g/mol. The van der Waals surface area contributed by atoms with Crippen LogP contribution in [-0.4, -0.2) is 32.0 Å². The van der Waals surface area contributed by atoms with E-state index in [0.717, 1.165) is 5.03 Å². The summed E-state index contributed by atoms with van der Waals surface area (Å²) in [6.07, 6.45) is 3.37. The van der Waals surface area contributed by atoms with Crippen LogP contribution < -0.4 is 0 Å². The lowest BCUT2D eigenvalue weighted by Crippen LogP contribution is -2.27. The fourth-order valence-electron chi connectivity index (χ4n) is 0.795. The van der Waals surface area contributed by atoms with Crippen molar-refractivity contribution in [2.24, 2.45) is 0 Å². The van der Waals surface area contributed by atoms with Crippen LogP contribution in [-0.2, 0) is 4.79 Å². The Morgan fingerprint density at radius 1 is 1.40 bits per heavy atom. The molecule has 6 heteroatoms. The number of carboxylic acids is 1. The van der Waals surface area contributed by atoms with Crippen molar-refractivity contribution >= 4 is 29.5 Å². The average Bonchev–Trinajstić information content (AvgIpc) is 2.17. The summed E-state index contributed by atoms with van der Waals surface area (Å²) >= 11 is 2.73. The molecule has 0 aliphatic carbocycles. The van der Waals surface area contributed by atoms with Crippen molar-refractivity contribution in [3.05, 3.63) is 12.4 Å². The molecule has 0 unspecified atom stereocenters. The molecule has 0 aliphatic heterocycles. The summed E-state index contributed by atoms with van der Waals surface area (Å²) in [6, 6.07) is 1.79. The molecule has 0 fully saturated rings. The maximum Gasteiger partial charge on any atom is 0.319 e. The van der Waals surface area contributed by atoms with E-state index in [4.69, 9.17) is 5.11 Å². The highest BCUT2D eigenvalue weighted by molar-refractivity contribution is 8.01. The van der Waals surface area contributed by atoms with Gasteiger partial charge >= 0.3 is 5.97 Å². The zero-order valence-electron chi connectivity index (χ0n) is 8.72. The molecule has 1 aromatic heterocycles. The van der Waals surface area contributed by atoms with Gasteiger partial charge in [-0.05, 0) is 20.1 Å². The molecule has 1 heterocycles. The van der Waals surface area contributed by atoms with Crippen molar-refractivity contribution < 1.29 is 9.90 Å². The maximum atomic E-state index is 10.9. The van der Waals surface area contributed by atoms with Crippen molar-refractivity contribution in [1.82, 2.24) is 9.97 Å². The van der Waals surface area contributed by atoms with Gasteiger partial charge in [0.2, 0.25) is 0 Å². The Bertz CT molecular complexity index is 369. The van der Waals surface area contributed by atoms with Gasteiger partial charge in [-0.2, -0.15) is 0 Å². The first kappa shape index (κ1) is 12.3. The van der Waals surface area contributed by atoms with Crippen LogP contribution in [0.25, 0.3) is 0 Å². The number of hydrogen-bond donors (Lipinski definition) is 1. The third-order valence-corrected chi connectivity index (χ3v) is 3.46. The second kappa shape index (κ2) is 4.85. The van der Waals surface area contributed by atoms with Gasteiger partial charge in [0.05, 0.1) is 0 Å². The molecule has 0 bridgehead atoms. The van der Waals surface area contributed by atoms with Crippen molar-refractivity contribution in [3.8, 4) is 0 Å². The normalized spacial score (nSPS) is 11.4. The summed E-state index contributed by atoms with van der Waals surface area (Å²) in [5, 5.41) is 10.5. The van der Waals surface area contributed by atoms with E-state index in [0.29, 0.717) is 5.03 Å². The highest BCUT2D eigenvalue weighted by Crippen LogP contribution is 2.32. The molecule has 4 nitrogen and oxygen atoms in total. The van der Waals surface area contributed by atoms with Crippen LogP contribution >= 0.6 is 23.5 Å².